The molecule has 1 atom stereocenters. The SMILES string of the molecule is CCCCCCc1nnc2n1CCC(CN)C2. The molecule has 2 heterocycles. The van der Waals surface area contributed by atoms with Gasteiger partial charge in [0.2, 0.25) is 0 Å². The largest absolute Gasteiger partial charge is 0.330 e. The lowest BCUT2D eigenvalue weighted by atomic mass is 9.98. The minimum atomic E-state index is 0.611. The predicted octanol–water partition coefficient (Wildman–Crippen LogP) is 1.92. The summed E-state index contributed by atoms with van der Waals surface area (Å²) < 4.78 is 2.32. The maximum absolute atomic E-state index is 5.72. The average molecular weight is 236 g/mol. The second-order valence-electron chi connectivity index (χ2n) is 5.09. The molecule has 0 amide bonds. The molecule has 1 unspecified atom stereocenters. The molecule has 0 spiro atoms. The van der Waals surface area contributed by atoms with Crippen molar-refractivity contribution in [3.05, 3.63) is 11.6 Å². The molecular weight excluding hydrogens is 212 g/mol. The molecule has 0 radical (unpaired) electrons. The van der Waals surface area contributed by atoms with E-state index in [9.17, 15) is 0 Å². The third kappa shape index (κ3) is 3.06. The van der Waals surface area contributed by atoms with Crippen molar-refractivity contribution in [3.8, 4) is 0 Å². The zero-order valence-electron chi connectivity index (χ0n) is 10.9. The van der Waals surface area contributed by atoms with E-state index in [2.05, 4.69) is 21.7 Å². The molecule has 4 nitrogen and oxygen atoms in total. The van der Waals surface area contributed by atoms with Gasteiger partial charge in [-0.3, -0.25) is 0 Å². The van der Waals surface area contributed by atoms with Gasteiger partial charge in [-0.25, -0.2) is 0 Å². The Bertz CT molecular complexity index is 345. The lowest BCUT2D eigenvalue weighted by Crippen LogP contribution is -2.26. The van der Waals surface area contributed by atoms with Crippen molar-refractivity contribution in [2.24, 2.45) is 11.7 Å². The van der Waals surface area contributed by atoms with E-state index in [0.29, 0.717) is 5.92 Å². The Morgan fingerprint density at radius 2 is 2.18 bits per heavy atom. The summed E-state index contributed by atoms with van der Waals surface area (Å²) >= 11 is 0. The van der Waals surface area contributed by atoms with E-state index in [4.69, 9.17) is 5.73 Å². The fourth-order valence-electron chi connectivity index (χ4n) is 2.55. The third-order valence-electron chi connectivity index (χ3n) is 3.72. The average Bonchev–Trinajstić information content (AvgIpc) is 2.77. The maximum Gasteiger partial charge on any atom is 0.133 e. The Morgan fingerprint density at radius 1 is 1.29 bits per heavy atom. The van der Waals surface area contributed by atoms with E-state index >= 15 is 0 Å². The molecule has 96 valence electrons. The van der Waals surface area contributed by atoms with Crippen LogP contribution in [0.4, 0.5) is 0 Å². The number of nitrogens with zero attached hydrogens (tertiary/aromatic N) is 3. The van der Waals surface area contributed by atoms with Crippen LogP contribution in [0.15, 0.2) is 0 Å². The van der Waals surface area contributed by atoms with Crippen LogP contribution in [0.3, 0.4) is 0 Å². The molecule has 0 fully saturated rings. The normalized spacial score (nSPS) is 19.3. The molecule has 0 aliphatic carbocycles. The zero-order valence-corrected chi connectivity index (χ0v) is 10.9. The molecule has 4 heteroatoms. The number of fused-ring (bicyclic) bond motifs is 1. The lowest BCUT2D eigenvalue weighted by molar-refractivity contribution is 0.383. The Balaban J connectivity index is 1.90. The van der Waals surface area contributed by atoms with E-state index < -0.39 is 0 Å². The summed E-state index contributed by atoms with van der Waals surface area (Å²) in [7, 11) is 0. The van der Waals surface area contributed by atoms with Crippen molar-refractivity contribution in [3.63, 3.8) is 0 Å². The van der Waals surface area contributed by atoms with Gasteiger partial charge in [0.15, 0.2) is 0 Å². The van der Waals surface area contributed by atoms with Crippen molar-refractivity contribution in [1.82, 2.24) is 14.8 Å². The zero-order chi connectivity index (χ0) is 12.1. The van der Waals surface area contributed by atoms with Gasteiger partial charge >= 0.3 is 0 Å². The standard InChI is InChI=1S/C13H24N4/c1-2-3-4-5-6-12-15-16-13-9-11(10-14)7-8-17(12)13/h11H,2-10,14H2,1H3. The summed E-state index contributed by atoms with van der Waals surface area (Å²) in [6.45, 7) is 4.08. The topological polar surface area (TPSA) is 56.7 Å². The number of aromatic nitrogens is 3. The van der Waals surface area contributed by atoms with Crippen LogP contribution in [-0.4, -0.2) is 21.3 Å². The fourth-order valence-corrected chi connectivity index (χ4v) is 2.55. The van der Waals surface area contributed by atoms with Crippen molar-refractivity contribution in [2.75, 3.05) is 6.54 Å². The molecule has 0 aromatic carbocycles. The monoisotopic (exact) mass is 236 g/mol. The molecular formula is C13H24N4. The van der Waals surface area contributed by atoms with Crippen LogP contribution < -0.4 is 5.73 Å². The molecule has 1 aliphatic heterocycles. The summed E-state index contributed by atoms with van der Waals surface area (Å²) in [6.07, 6.45) is 8.45. The minimum absolute atomic E-state index is 0.611. The Morgan fingerprint density at radius 3 is 2.94 bits per heavy atom. The first-order valence-corrected chi connectivity index (χ1v) is 6.96. The van der Waals surface area contributed by atoms with E-state index in [-0.39, 0.29) is 0 Å². The van der Waals surface area contributed by atoms with E-state index in [0.717, 1.165) is 31.8 Å². The van der Waals surface area contributed by atoms with Gasteiger partial charge in [0, 0.05) is 19.4 Å². The van der Waals surface area contributed by atoms with Gasteiger partial charge in [-0.2, -0.15) is 0 Å². The first-order chi connectivity index (χ1) is 8.35. The highest BCUT2D eigenvalue weighted by Crippen LogP contribution is 2.20. The predicted molar refractivity (Wildman–Crippen MR) is 68.7 cm³/mol. The number of rotatable bonds is 6. The second kappa shape index (κ2) is 6.15. The molecule has 2 rings (SSSR count). The van der Waals surface area contributed by atoms with E-state index in [1.54, 1.807) is 0 Å². The number of hydrogen-bond acceptors (Lipinski definition) is 3. The quantitative estimate of drug-likeness (QED) is 0.768. The molecule has 1 aromatic heterocycles. The molecule has 0 bridgehead atoms. The number of nitrogens with two attached hydrogens (primary N) is 1. The highest BCUT2D eigenvalue weighted by molar-refractivity contribution is 5.00. The molecule has 1 aliphatic rings. The fraction of sp³-hybridized carbons (Fsp3) is 0.846. The van der Waals surface area contributed by atoms with Gasteiger partial charge in [0.05, 0.1) is 0 Å². The first kappa shape index (κ1) is 12.6. The van der Waals surface area contributed by atoms with Crippen LogP contribution in [0, 0.1) is 5.92 Å². The minimum Gasteiger partial charge on any atom is -0.330 e. The Hall–Kier alpha value is -0.900. The summed E-state index contributed by atoms with van der Waals surface area (Å²) in [5, 5.41) is 8.65. The number of hydrogen-bond donors (Lipinski definition) is 1. The van der Waals surface area contributed by atoms with Crippen LogP contribution in [-0.2, 0) is 19.4 Å². The van der Waals surface area contributed by atoms with Crippen LogP contribution >= 0.6 is 0 Å². The van der Waals surface area contributed by atoms with Crippen LogP contribution in [0.2, 0.25) is 0 Å². The van der Waals surface area contributed by atoms with Crippen LogP contribution in [0.1, 0.15) is 50.7 Å². The van der Waals surface area contributed by atoms with E-state index in [1.165, 1.54) is 37.9 Å². The van der Waals surface area contributed by atoms with Gasteiger partial charge < -0.3 is 10.3 Å². The Kier molecular flexibility index (Phi) is 4.54. The summed E-state index contributed by atoms with van der Waals surface area (Å²) in [4.78, 5) is 0. The van der Waals surface area contributed by atoms with Crippen molar-refractivity contribution in [2.45, 2.75) is 58.4 Å². The van der Waals surface area contributed by atoms with Crippen molar-refractivity contribution >= 4 is 0 Å². The van der Waals surface area contributed by atoms with Crippen LogP contribution in [0.5, 0.6) is 0 Å². The molecule has 1 aromatic rings. The maximum atomic E-state index is 5.72. The number of unbranched alkanes of at least 4 members (excludes halogenated alkanes) is 3. The summed E-state index contributed by atoms with van der Waals surface area (Å²) in [6, 6.07) is 0. The van der Waals surface area contributed by atoms with Gasteiger partial charge in [-0.1, -0.05) is 26.2 Å². The van der Waals surface area contributed by atoms with Gasteiger partial charge in [-0.15, -0.1) is 10.2 Å². The Labute approximate surface area is 104 Å². The third-order valence-corrected chi connectivity index (χ3v) is 3.72. The lowest BCUT2D eigenvalue weighted by Gasteiger charge is -2.22. The molecule has 2 N–H and O–H groups in total. The van der Waals surface area contributed by atoms with Crippen molar-refractivity contribution < 1.29 is 0 Å². The van der Waals surface area contributed by atoms with Gasteiger partial charge in [0.1, 0.15) is 11.6 Å². The molecule has 17 heavy (non-hydrogen) atoms. The van der Waals surface area contributed by atoms with Crippen LogP contribution in [0.25, 0.3) is 0 Å². The number of aryl methyl sites for hydroxylation is 1. The molecule has 0 saturated heterocycles. The molecule has 0 saturated carbocycles. The smallest absolute Gasteiger partial charge is 0.133 e. The highest BCUT2D eigenvalue weighted by Gasteiger charge is 2.21. The van der Waals surface area contributed by atoms with Gasteiger partial charge in [-0.05, 0) is 25.3 Å². The first-order valence-electron chi connectivity index (χ1n) is 6.96. The second-order valence-corrected chi connectivity index (χ2v) is 5.09. The van der Waals surface area contributed by atoms with E-state index in [1.807, 2.05) is 0 Å². The highest BCUT2D eigenvalue weighted by atomic mass is 15.3. The van der Waals surface area contributed by atoms with Gasteiger partial charge in [0.25, 0.3) is 0 Å². The summed E-state index contributed by atoms with van der Waals surface area (Å²) in [5.41, 5.74) is 5.72. The van der Waals surface area contributed by atoms with Crippen molar-refractivity contribution in [1.29, 1.82) is 0 Å². The summed E-state index contributed by atoms with van der Waals surface area (Å²) in [5.74, 6) is 2.95.